The molecule has 1 unspecified atom stereocenters. The van der Waals surface area contributed by atoms with E-state index in [9.17, 15) is 0 Å². The minimum Gasteiger partial charge on any atom is -0.327 e. The van der Waals surface area contributed by atoms with E-state index in [1.807, 2.05) is 0 Å². The average molecular weight is 153 g/mol. The van der Waals surface area contributed by atoms with E-state index in [1.165, 1.54) is 44.9 Å². The summed E-state index contributed by atoms with van der Waals surface area (Å²) < 4.78 is 0. The molecule has 11 heavy (non-hydrogen) atoms. The molecule has 2 aliphatic carbocycles. The van der Waals surface area contributed by atoms with E-state index in [1.54, 1.807) is 0 Å². The molecule has 0 saturated heterocycles. The van der Waals surface area contributed by atoms with Gasteiger partial charge in [-0.15, -0.1) is 0 Å². The van der Waals surface area contributed by atoms with Gasteiger partial charge in [0, 0.05) is 6.04 Å². The molecular weight excluding hydrogens is 134 g/mol. The summed E-state index contributed by atoms with van der Waals surface area (Å²) in [5.74, 6) is 1.86. The van der Waals surface area contributed by atoms with E-state index < -0.39 is 0 Å². The maximum absolute atomic E-state index is 6.12. The van der Waals surface area contributed by atoms with Crippen LogP contribution in [0, 0.1) is 11.8 Å². The van der Waals surface area contributed by atoms with Crippen molar-refractivity contribution >= 4 is 0 Å². The summed E-state index contributed by atoms with van der Waals surface area (Å²) in [5.41, 5.74) is 6.12. The molecule has 2 bridgehead atoms. The van der Waals surface area contributed by atoms with Gasteiger partial charge in [-0.05, 0) is 31.1 Å². The van der Waals surface area contributed by atoms with Crippen molar-refractivity contribution in [1.29, 1.82) is 0 Å². The van der Waals surface area contributed by atoms with Crippen LogP contribution in [-0.4, -0.2) is 6.04 Å². The fraction of sp³-hybridized carbons (Fsp3) is 1.00. The molecule has 1 heteroatoms. The molecule has 0 aliphatic heterocycles. The summed E-state index contributed by atoms with van der Waals surface area (Å²) in [4.78, 5) is 0. The van der Waals surface area contributed by atoms with Gasteiger partial charge in [-0.25, -0.2) is 0 Å². The predicted octanol–water partition coefficient (Wildman–Crippen LogP) is 2.30. The third-order valence-corrected chi connectivity index (χ3v) is 3.59. The van der Waals surface area contributed by atoms with Crippen LogP contribution in [0.5, 0.6) is 0 Å². The highest BCUT2D eigenvalue weighted by atomic mass is 14.7. The van der Waals surface area contributed by atoms with E-state index in [0.717, 1.165) is 11.8 Å². The van der Waals surface area contributed by atoms with Crippen molar-refractivity contribution < 1.29 is 0 Å². The first-order chi connectivity index (χ1) is 5.36. The van der Waals surface area contributed by atoms with Gasteiger partial charge in [-0.3, -0.25) is 0 Å². The zero-order valence-corrected chi connectivity index (χ0v) is 7.26. The van der Waals surface area contributed by atoms with E-state index >= 15 is 0 Å². The standard InChI is InChI=1S/C10H19N/c11-10-7-8-3-1-5-9(10)6-2-4-8/h8-10H,1-7,11H2. The lowest BCUT2D eigenvalue weighted by atomic mass is 9.91. The molecule has 2 rings (SSSR count). The van der Waals surface area contributed by atoms with Crippen molar-refractivity contribution in [2.24, 2.45) is 17.6 Å². The fourth-order valence-corrected chi connectivity index (χ4v) is 2.87. The molecule has 0 aromatic rings. The number of fused-ring (bicyclic) bond motifs is 3. The number of nitrogens with two attached hydrogens (primary N) is 1. The lowest BCUT2D eigenvalue weighted by molar-refractivity contribution is 0.377. The van der Waals surface area contributed by atoms with Gasteiger partial charge in [-0.2, -0.15) is 0 Å². The monoisotopic (exact) mass is 153 g/mol. The first-order valence-electron chi connectivity index (χ1n) is 5.12. The molecule has 0 spiro atoms. The predicted molar refractivity (Wildman–Crippen MR) is 47.3 cm³/mol. The Morgan fingerprint density at radius 1 is 0.909 bits per heavy atom. The Balaban J connectivity index is 2.08. The topological polar surface area (TPSA) is 26.0 Å². The molecule has 2 N–H and O–H groups in total. The van der Waals surface area contributed by atoms with Gasteiger partial charge in [0.25, 0.3) is 0 Å². The molecule has 2 aliphatic rings. The summed E-state index contributed by atoms with van der Waals surface area (Å²) >= 11 is 0. The molecule has 1 nitrogen and oxygen atoms in total. The smallest absolute Gasteiger partial charge is 0.00697 e. The van der Waals surface area contributed by atoms with E-state index in [2.05, 4.69) is 0 Å². The molecule has 0 aromatic carbocycles. The molecule has 2 fully saturated rings. The summed E-state index contributed by atoms with van der Waals surface area (Å²) in [6.07, 6.45) is 9.97. The Labute approximate surface area is 69.4 Å². The third-order valence-electron chi connectivity index (χ3n) is 3.59. The molecule has 64 valence electrons. The van der Waals surface area contributed by atoms with Crippen LogP contribution in [0.25, 0.3) is 0 Å². The van der Waals surface area contributed by atoms with Gasteiger partial charge in [0.1, 0.15) is 0 Å². The maximum Gasteiger partial charge on any atom is 0.00697 e. The summed E-state index contributed by atoms with van der Waals surface area (Å²) in [7, 11) is 0. The zero-order valence-electron chi connectivity index (χ0n) is 7.26. The fourth-order valence-electron chi connectivity index (χ4n) is 2.87. The summed E-state index contributed by atoms with van der Waals surface area (Å²) in [5, 5.41) is 0. The average Bonchev–Trinajstić information content (AvgIpc) is 2.16. The Morgan fingerprint density at radius 2 is 1.55 bits per heavy atom. The van der Waals surface area contributed by atoms with Crippen molar-refractivity contribution in [2.75, 3.05) is 0 Å². The second-order valence-electron chi connectivity index (χ2n) is 4.39. The quantitative estimate of drug-likeness (QED) is 0.568. The Hall–Kier alpha value is -0.0400. The number of rotatable bonds is 0. The minimum absolute atomic E-state index is 0.546. The molecular formula is C10H19N. The maximum atomic E-state index is 6.12. The van der Waals surface area contributed by atoms with E-state index in [-0.39, 0.29) is 0 Å². The molecule has 1 atom stereocenters. The van der Waals surface area contributed by atoms with Crippen molar-refractivity contribution in [3.63, 3.8) is 0 Å². The Bertz CT molecular complexity index is 123. The zero-order chi connectivity index (χ0) is 7.68. The summed E-state index contributed by atoms with van der Waals surface area (Å²) in [6.45, 7) is 0. The van der Waals surface area contributed by atoms with Gasteiger partial charge < -0.3 is 5.73 Å². The Morgan fingerprint density at radius 3 is 2.18 bits per heavy atom. The van der Waals surface area contributed by atoms with Gasteiger partial charge in [0.05, 0.1) is 0 Å². The van der Waals surface area contributed by atoms with Crippen LogP contribution >= 0.6 is 0 Å². The second-order valence-corrected chi connectivity index (χ2v) is 4.39. The van der Waals surface area contributed by atoms with E-state index in [4.69, 9.17) is 5.73 Å². The van der Waals surface area contributed by atoms with Gasteiger partial charge in [0.15, 0.2) is 0 Å². The highest BCUT2D eigenvalue weighted by molar-refractivity contribution is 4.83. The van der Waals surface area contributed by atoms with Crippen LogP contribution in [0.4, 0.5) is 0 Å². The third kappa shape index (κ3) is 1.58. The highest BCUT2D eigenvalue weighted by Gasteiger charge is 2.28. The largest absolute Gasteiger partial charge is 0.327 e. The van der Waals surface area contributed by atoms with Crippen molar-refractivity contribution in [3.8, 4) is 0 Å². The first kappa shape index (κ1) is 7.60. The summed E-state index contributed by atoms with van der Waals surface area (Å²) in [6, 6.07) is 0.546. The lowest BCUT2D eigenvalue weighted by Gasteiger charge is -2.18. The van der Waals surface area contributed by atoms with Crippen LogP contribution in [0.3, 0.4) is 0 Å². The van der Waals surface area contributed by atoms with Crippen LogP contribution in [0.2, 0.25) is 0 Å². The van der Waals surface area contributed by atoms with Crippen molar-refractivity contribution in [3.05, 3.63) is 0 Å². The lowest BCUT2D eigenvalue weighted by Crippen LogP contribution is -2.28. The molecule has 0 heterocycles. The van der Waals surface area contributed by atoms with Crippen LogP contribution in [0.1, 0.15) is 44.9 Å². The normalized spacial score (nSPS) is 45.0. The molecule has 2 saturated carbocycles. The van der Waals surface area contributed by atoms with Gasteiger partial charge in [0.2, 0.25) is 0 Å². The highest BCUT2D eigenvalue weighted by Crippen LogP contribution is 2.36. The van der Waals surface area contributed by atoms with Crippen LogP contribution in [0.15, 0.2) is 0 Å². The molecule has 0 aromatic heterocycles. The molecule has 0 amide bonds. The number of hydrogen-bond donors (Lipinski definition) is 1. The van der Waals surface area contributed by atoms with Gasteiger partial charge >= 0.3 is 0 Å². The SMILES string of the molecule is NC1CC2CCCC1CCC2. The van der Waals surface area contributed by atoms with Crippen LogP contribution < -0.4 is 5.73 Å². The van der Waals surface area contributed by atoms with E-state index in [0.29, 0.717) is 6.04 Å². The number of hydrogen-bond acceptors (Lipinski definition) is 1. The van der Waals surface area contributed by atoms with Crippen LogP contribution in [-0.2, 0) is 0 Å². The van der Waals surface area contributed by atoms with Gasteiger partial charge in [-0.1, -0.05) is 25.7 Å². The van der Waals surface area contributed by atoms with Crippen molar-refractivity contribution in [1.82, 2.24) is 0 Å². The van der Waals surface area contributed by atoms with Crippen molar-refractivity contribution in [2.45, 2.75) is 51.0 Å². The second kappa shape index (κ2) is 3.14. The minimum atomic E-state index is 0.546. The first-order valence-corrected chi connectivity index (χ1v) is 5.12. The Kier molecular flexibility index (Phi) is 2.17. The molecule has 0 radical (unpaired) electrons.